The van der Waals surface area contributed by atoms with E-state index in [1.807, 2.05) is 42.5 Å². The van der Waals surface area contributed by atoms with Gasteiger partial charge in [0, 0.05) is 47.8 Å². The van der Waals surface area contributed by atoms with Crippen molar-refractivity contribution in [3.05, 3.63) is 94.5 Å². The van der Waals surface area contributed by atoms with Crippen molar-refractivity contribution in [3.63, 3.8) is 0 Å². The van der Waals surface area contributed by atoms with Crippen LogP contribution in [0.5, 0.6) is 11.5 Å². The average molecular weight is 479 g/mol. The number of ether oxygens (including phenoxy) is 2. The molecule has 0 radical (unpaired) electrons. The number of amides is 2. The van der Waals surface area contributed by atoms with Crippen molar-refractivity contribution in [1.82, 2.24) is 10.2 Å². The Morgan fingerprint density at radius 1 is 0.971 bits per heavy atom. The lowest BCUT2D eigenvalue weighted by Gasteiger charge is -2.21. The summed E-state index contributed by atoms with van der Waals surface area (Å²) in [5, 5.41) is 3.61. The minimum absolute atomic E-state index is 0.0990. The van der Waals surface area contributed by atoms with Crippen molar-refractivity contribution in [2.45, 2.75) is 12.5 Å². The standard InChI is InChI=1S/C27H27ClN2O4/c1-33-21-12-13-22(25(14-21)34-2)23-16-30(27(32)19-8-10-20(28)11-9-19)17-24(23)26(31)29-15-18-6-4-3-5-7-18/h3-14,23-24H,15-17H2,1-2H3,(H,29,31). The van der Waals surface area contributed by atoms with Gasteiger partial charge in [-0.05, 0) is 35.9 Å². The monoisotopic (exact) mass is 478 g/mol. The van der Waals surface area contributed by atoms with Gasteiger partial charge in [-0.25, -0.2) is 0 Å². The molecule has 2 unspecified atom stereocenters. The first kappa shape index (κ1) is 23.6. The van der Waals surface area contributed by atoms with Crippen LogP contribution < -0.4 is 14.8 Å². The molecule has 1 N–H and O–H groups in total. The number of halogens is 1. The molecule has 2 amide bonds. The molecular weight excluding hydrogens is 452 g/mol. The zero-order valence-corrected chi connectivity index (χ0v) is 19.9. The largest absolute Gasteiger partial charge is 0.497 e. The second-order valence-electron chi connectivity index (χ2n) is 8.24. The van der Waals surface area contributed by atoms with E-state index in [0.717, 1.165) is 11.1 Å². The summed E-state index contributed by atoms with van der Waals surface area (Å²) < 4.78 is 10.9. The zero-order chi connectivity index (χ0) is 24.1. The molecule has 0 spiro atoms. The third-order valence-corrected chi connectivity index (χ3v) is 6.44. The Balaban J connectivity index is 1.61. The molecule has 3 aromatic rings. The number of hydrogen-bond acceptors (Lipinski definition) is 4. The van der Waals surface area contributed by atoms with Crippen LogP contribution in [0.3, 0.4) is 0 Å². The van der Waals surface area contributed by atoms with Gasteiger partial charge in [0.2, 0.25) is 5.91 Å². The van der Waals surface area contributed by atoms with Crippen LogP contribution in [0.1, 0.15) is 27.4 Å². The Morgan fingerprint density at radius 2 is 1.71 bits per heavy atom. The first-order valence-corrected chi connectivity index (χ1v) is 11.5. The van der Waals surface area contributed by atoms with Crippen LogP contribution in [0.15, 0.2) is 72.8 Å². The lowest BCUT2D eigenvalue weighted by atomic mass is 9.87. The molecule has 176 valence electrons. The molecule has 1 aliphatic heterocycles. The van der Waals surface area contributed by atoms with Crippen LogP contribution in [0.4, 0.5) is 0 Å². The Labute approximate surface area is 204 Å². The first-order valence-electron chi connectivity index (χ1n) is 11.1. The number of nitrogens with zero attached hydrogens (tertiary/aromatic N) is 1. The van der Waals surface area contributed by atoms with Crippen molar-refractivity contribution in [3.8, 4) is 11.5 Å². The minimum atomic E-state index is -0.428. The predicted octanol–water partition coefficient (Wildman–Crippen LogP) is 4.53. The molecule has 1 saturated heterocycles. The molecular formula is C27H27ClN2O4. The molecule has 7 heteroatoms. The summed E-state index contributed by atoms with van der Waals surface area (Å²) in [6.45, 7) is 1.13. The van der Waals surface area contributed by atoms with Crippen LogP contribution in [0.25, 0.3) is 0 Å². The highest BCUT2D eigenvalue weighted by molar-refractivity contribution is 6.30. The van der Waals surface area contributed by atoms with E-state index in [1.54, 1.807) is 49.5 Å². The lowest BCUT2D eigenvalue weighted by Crippen LogP contribution is -2.35. The highest BCUT2D eigenvalue weighted by Gasteiger charge is 2.41. The number of nitrogens with one attached hydrogen (secondary N) is 1. The number of methoxy groups -OCH3 is 2. The first-order chi connectivity index (χ1) is 16.5. The van der Waals surface area contributed by atoms with E-state index >= 15 is 0 Å². The second-order valence-corrected chi connectivity index (χ2v) is 8.68. The second kappa shape index (κ2) is 10.6. The van der Waals surface area contributed by atoms with Crippen LogP contribution in [-0.4, -0.2) is 44.0 Å². The van der Waals surface area contributed by atoms with E-state index in [1.165, 1.54) is 0 Å². The predicted molar refractivity (Wildman–Crippen MR) is 131 cm³/mol. The number of hydrogen-bond donors (Lipinski definition) is 1. The Bertz CT molecular complexity index is 1150. The van der Waals surface area contributed by atoms with Crippen molar-refractivity contribution in [1.29, 1.82) is 0 Å². The summed E-state index contributed by atoms with van der Waals surface area (Å²) in [5.41, 5.74) is 2.42. The summed E-state index contributed by atoms with van der Waals surface area (Å²) in [7, 11) is 3.19. The van der Waals surface area contributed by atoms with Crippen LogP contribution in [-0.2, 0) is 11.3 Å². The SMILES string of the molecule is COc1ccc(C2CN(C(=O)c3ccc(Cl)cc3)CC2C(=O)NCc2ccccc2)c(OC)c1. The van der Waals surface area contributed by atoms with Gasteiger partial charge in [-0.2, -0.15) is 0 Å². The van der Waals surface area contributed by atoms with E-state index in [2.05, 4.69) is 5.32 Å². The molecule has 0 aliphatic carbocycles. The van der Waals surface area contributed by atoms with Crippen LogP contribution in [0.2, 0.25) is 5.02 Å². The van der Waals surface area contributed by atoms with E-state index in [4.69, 9.17) is 21.1 Å². The van der Waals surface area contributed by atoms with Gasteiger partial charge in [0.15, 0.2) is 0 Å². The van der Waals surface area contributed by atoms with E-state index < -0.39 is 5.92 Å². The van der Waals surface area contributed by atoms with Gasteiger partial charge in [-0.3, -0.25) is 9.59 Å². The molecule has 4 rings (SSSR count). The third-order valence-electron chi connectivity index (χ3n) is 6.18. The fourth-order valence-corrected chi connectivity index (χ4v) is 4.49. The summed E-state index contributed by atoms with van der Waals surface area (Å²) in [6.07, 6.45) is 0. The molecule has 34 heavy (non-hydrogen) atoms. The molecule has 0 bridgehead atoms. The van der Waals surface area contributed by atoms with Gasteiger partial charge in [0.1, 0.15) is 11.5 Å². The number of carbonyl (C=O) groups is 2. The van der Waals surface area contributed by atoms with Crippen molar-refractivity contribution in [2.75, 3.05) is 27.3 Å². The fraction of sp³-hybridized carbons (Fsp3) is 0.259. The Kier molecular flexibility index (Phi) is 7.38. The van der Waals surface area contributed by atoms with Gasteiger partial charge >= 0.3 is 0 Å². The van der Waals surface area contributed by atoms with Gasteiger partial charge in [-0.15, -0.1) is 0 Å². The molecule has 0 aromatic heterocycles. The average Bonchev–Trinajstić information content (AvgIpc) is 3.33. The molecule has 3 aromatic carbocycles. The molecule has 0 saturated carbocycles. The molecule has 1 heterocycles. The van der Waals surface area contributed by atoms with E-state index in [9.17, 15) is 9.59 Å². The molecule has 1 aliphatic rings. The van der Waals surface area contributed by atoms with E-state index in [0.29, 0.717) is 41.7 Å². The van der Waals surface area contributed by atoms with Gasteiger partial charge in [-0.1, -0.05) is 48.0 Å². The van der Waals surface area contributed by atoms with Crippen LogP contribution in [0, 0.1) is 5.92 Å². The molecule has 2 atom stereocenters. The summed E-state index contributed by atoms with van der Waals surface area (Å²) in [6, 6.07) is 22.1. The molecule has 6 nitrogen and oxygen atoms in total. The number of likely N-dealkylation sites (tertiary alicyclic amines) is 1. The Hall–Kier alpha value is -3.51. The summed E-state index contributed by atoms with van der Waals surface area (Å²) in [4.78, 5) is 28.3. The smallest absolute Gasteiger partial charge is 0.253 e. The van der Waals surface area contributed by atoms with Crippen molar-refractivity contribution >= 4 is 23.4 Å². The number of carbonyl (C=O) groups excluding carboxylic acids is 2. The highest BCUT2D eigenvalue weighted by Crippen LogP contribution is 2.39. The topological polar surface area (TPSA) is 67.9 Å². The maximum absolute atomic E-state index is 13.3. The van der Waals surface area contributed by atoms with E-state index in [-0.39, 0.29) is 17.7 Å². The molecule has 1 fully saturated rings. The number of benzene rings is 3. The lowest BCUT2D eigenvalue weighted by molar-refractivity contribution is -0.125. The maximum Gasteiger partial charge on any atom is 0.253 e. The number of rotatable bonds is 7. The zero-order valence-electron chi connectivity index (χ0n) is 19.2. The van der Waals surface area contributed by atoms with Gasteiger partial charge in [0.25, 0.3) is 5.91 Å². The minimum Gasteiger partial charge on any atom is -0.497 e. The summed E-state index contributed by atoms with van der Waals surface area (Å²) >= 11 is 5.99. The normalized spacial score (nSPS) is 17.3. The van der Waals surface area contributed by atoms with Crippen molar-refractivity contribution < 1.29 is 19.1 Å². The highest BCUT2D eigenvalue weighted by atomic mass is 35.5. The van der Waals surface area contributed by atoms with Gasteiger partial charge < -0.3 is 19.7 Å². The fourth-order valence-electron chi connectivity index (χ4n) is 4.37. The Morgan fingerprint density at radius 3 is 2.38 bits per heavy atom. The third kappa shape index (κ3) is 5.18. The van der Waals surface area contributed by atoms with Crippen LogP contribution >= 0.6 is 11.6 Å². The quantitative estimate of drug-likeness (QED) is 0.541. The maximum atomic E-state index is 13.3. The van der Waals surface area contributed by atoms with Gasteiger partial charge in [0.05, 0.1) is 20.1 Å². The van der Waals surface area contributed by atoms with Crippen molar-refractivity contribution in [2.24, 2.45) is 5.92 Å². The summed E-state index contributed by atoms with van der Waals surface area (Å²) in [5.74, 6) is 0.407.